The third kappa shape index (κ3) is 3.60. The molecule has 0 radical (unpaired) electrons. The lowest BCUT2D eigenvalue weighted by atomic mass is 10.1. The fourth-order valence-electron chi connectivity index (χ4n) is 4.16. The van der Waals surface area contributed by atoms with Crippen molar-refractivity contribution in [1.82, 2.24) is 40.2 Å². The molecule has 0 atom stereocenters. The number of nitrogens with one attached hydrogen (secondary N) is 3. The zero-order chi connectivity index (χ0) is 22.9. The van der Waals surface area contributed by atoms with Crippen LogP contribution in [-0.2, 0) is 6.54 Å². The highest BCUT2D eigenvalue weighted by Crippen LogP contribution is 2.33. The zero-order valence-corrected chi connectivity index (χ0v) is 18.6. The number of hydrogen-bond acceptors (Lipinski definition) is 6. The van der Waals surface area contributed by atoms with Crippen LogP contribution in [0.4, 0.5) is 0 Å². The summed E-state index contributed by atoms with van der Waals surface area (Å²) in [5.41, 5.74) is 8.59. The van der Waals surface area contributed by atoms with E-state index in [2.05, 4.69) is 54.3 Å². The molecule has 3 N–H and O–H groups in total. The van der Waals surface area contributed by atoms with E-state index in [1.54, 1.807) is 12.4 Å². The van der Waals surface area contributed by atoms with Gasteiger partial charge >= 0.3 is 0 Å². The van der Waals surface area contributed by atoms with E-state index in [1.807, 2.05) is 49.3 Å². The van der Waals surface area contributed by atoms with Crippen molar-refractivity contribution in [3.05, 3.63) is 79.4 Å². The molecule has 0 aliphatic heterocycles. The van der Waals surface area contributed by atoms with Crippen molar-refractivity contribution in [2.75, 3.05) is 6.54 Å². The molecule has 6 aromatic rings. The number of rotatable bonds is 6. The Morgan fingerprint density at radius 1 is 0.882 bits per heavy atom. The molecule has 166 valence electrons. The van der Waals surface area contributed by atoms with Gasteiger partial charge in [0.25, 0.3) is 0 Å². The Hall–Kier alpha value is -4.43. The van der Waals surface area contributed by atoms with Crippen molar-refractivity contribution in [3.8, 4) is 33.6 Å². The Kier molecular flexibility index (Phi) is 5.04. The van der Waals surface area contributed by atoms with Gasteiger partial charge in [0.05, 0.1) is 17.2 Å². The first-order valence-electron chi connectivity index (χ1n) is 11.2. The fraction of sp³-hybridized carbons (Fsp3) is 0.115. The minimum absolute atomic E-state index is 0.761. The molecule has 0 saturated heterocycles. The minimum Gasteiger partial charge on any atom is -0.345 e. The first-order chi connectivity index (χ1) is 16.8. The molecule has 0 spiro atoms. The third-order valence-electron chi connectivity index (χ3n) is 5.86. The number of hydrogen-bond donors (Lipinski definition) is 3. The van der Waals surface area contributed by atoms with E-state index in [4.69, 9.17) is 4.98 Å². The third-order valence-corrected chi connectivity index (χ3v) is 5.86. The summed E-state index contributed by atoms with van der Waals surface area (Å²) in [6.45, 7) is 3.80. The molecule has 0 bridgehead atoms. The van der Waals surface area contributed by atoms with Crippen LogP contribution >= 0.6 is 0 Å². The standard InChI is InChI=1S/C26H22N8/c1-2-27-8-16-6-18(11-29-9-16)19-7-20-22(14-32-25(20)31-12-19)26-33-23-15-30-13-21(24(23)34-26)17-4-3-5-28-10-17/h3-7,9-15,27H,2,8H2,1H3,(H,31,32)(H,33,34). The monoisotopic (exact) mass is 446 g/mol. The Morgan fingerprint density at radius 2 is 1.76 bits per heavy atom. The zero-order valence-electron chi connectivity index (χ0n) is 18.6. The van der Waals surface area contributed by atoms with Crippen LogP contribution in [0.2, 0.25) is 0 Å². The van der Waals surface area contributed by atoms with Crippen LogP contribution in [0.3, 0.4) is 0 Å². The van der Waals surface area contributed by atoms with Crippen LogP contribution in [0.5, 0.6) is 0 Å². The molecule has 0 saturated carbocycles. The Morgan fingerprint density at radius 3 is 2.65 bits per heavy atom. The Labute approximate surface area is 195 Å². The Bertz CT molecular complexity index is 1600. The summed E-state index contributed by atoms with van der Waals surface area (Å²) in [5, 5.41) is 4.34. The second kappa shape index (κ2) is 8.49. The summed E-state index contributed by atoms with van der Waals surface area (Å²) < 4.78 is 0. The first kappa shape index (κ1) is 20.2. The topological polar surface area (TPSA) is 108 Å². The van der Waals surface area contributed by atoms with Crippen molar-refractivity contribution in [1.29, 1.82) is 0 Å². The molecule has 6 rings (SSSR count). The van der Waals surface area contributed by atoms with Gasteiger partial charge in [-0.15, -0.1) is 0 Å². The minimum atomic E-state index is 0.761. The summed E-state index contributed by atoms with van der Waals surface area (Å²) in [6.07, 6.45) is 14.8. The van der Waals surface area contributed by atoms with Gasteiger partial charge in [0.2, 0.25) is 0 Å². The molecular weight excluding hydrogens is 424 g/mol. The maximum Gasteiger partial charge on any atom is 0.140 e. The maximum atomic E-state index is 4.94. The molecule has 6 heterocycles. The van der Waals surface area contributed by atoms with Crippen molar-refractivity contribution >= 4 is 22.1 Å². The van der Waals surface area contributed by atoms with Crippen LogP contribution < -0.4 is 5.32 Å². The average molecular weight is 447 g/mol. The number of aromatic amines is 2. The molecule has 0 aliphatic rings. The van der Waals surface area contributed by atoms with Crippen LogP contribution in [0.1, 0.15) is 12.5 Å². The summed E-state index contributed by atoms with van der Waals surface area (Å²) in [6, 6.07) is 8.21. The van der Waals surface area contributed by atoms with Crippen LogP contribution in [0.15, 0.2) is 73.8 Å². The van der Waals surface area contributed by atoms with Gasteiger partial charge < -0.3 is 15.3 Å². The van der Waals surface area contributed by atoms with Crippen LogP contribution in [0, 0.1) is 0 Å². The van der Waals surface area contributed by atoms with Crippen molar-refractivity contribution in [3.63, 3.8) is 0 Å². The van der Waals surface area contributed by atoms with Crippen molar-refractivity contribution in [2.24, 2.45) is 0 Å². The number of nitrogens with zero attached hydrogens (tertiary/aromatic N) is 5. The van der Waals surface area contributed by atoms with Gasteiger partial charge in [-0.2, -0.15) is 0 Å². The van der Waals surface area contributed by atoms with Crippen molar-refractivity contribution in [2.45, 2.75) is 13.5 Å². The van der Waals surface area contributed by atoms with Crippen LogP contribution in [-0.4, -0.2) is 41.4 Å². The van der Waals surface area contributed by atoms with Crippen LogP contribution in [0.25, 0.3) is 55.7 Å². The van der Waals surface area contributed by atoms with E-state index in [0.717, 1.165) is 74.4 Å². The van der Waals surface area contributed by atoms with Gasteiger partial charge in [0.15, 0.2) is 0 Å². The summed E-state index contributed by atoms with van der Waals surface area (Å²) in [5.74, 6) is 0.761. The van der Waals surface area contributed by atoms with E-state index in [0.29, 0.717) is 0 Å². The molecular formula is C26H22N8. The van der Waals surface area contributed by atoms with Gasteiger partial charge in [-0.1, -0.05) is 13.0 Å². The molecule has 0 aliphatic carbocycles. The highest BCUT2D eigenvalue weighted by Gasteiger charge is 2.15. The van der Waals surface area contributed by atoms with E-state index in [9.17, 15) is 0 Å². The van der Waals surface area contributed by atoms with Gasteiger partial charge in [-0.05, 0) is 30.3 Å². The van der Waals surface area contributed by atoms with Gasteiger partial charge in [0.1, 0.15) is 11.5 Å². The lowest BCUT2D eigenvalue weighted by Crippen LogP contribution is -2.11. The van der Waals surface area contributed by atoms with Crippen molar-refractivity contribution < 1.29 is 0 Å². The molecule has 0 aromatic carbocycles. The van der Waals surface area contributed by atoms with E-state index < -0.39 is 0 Å². The van der Waals surface area contributed by atoms with E-state index in [1.165, 1.54) is 0 Å². The largest absolute Gasteiger partial charge is 0.345 e. The number of fused-ring (bicyclic) bond motifs is 2. The van der Waals surface area contributed by atoms with Gasteiger partial charge in [0, 0.05) is 83.1 Å². The highest BCUT2D eigenvalue weighted by atomic mass is 14.9. The maximum absolute atomic E-state index is 4.94. The lowest BCUT2D eigenvalue weighted by Gasteiger charge is -2.06. The predicted octanol–water partition coefficient (Wildman–Crippen LogP) is 4.73. The first-order valence-corrected chi connectivity index (χ1v) is 11.2. The average Bonchev–Trinajstić information content (AvgIpc) is 3.51. The molecule has 0 fully saturated rings. The normalized spacial score (nSPS) is 11.4. The second-order valence-electron chi connectivity index (χ2n) is 8.10. The SMILES string of the molecule is CCNCc1cncc(-c2cnc3[nH]cc(-c4nc5c(-c6cccnc6)cncc5[nH]4)c3c2)c1. The predicted molar refractivity (Wildman–Crippen MR) is 133 cm³/mol. The molecule has 8 heteroatoms. The van der Waals surface area contributed by atoms with E-state index >= 15 is 0 Å². The molecule has 6 aromatic heterocycles. The summed E-state index contributed by atoms with van der Waals surface area (Å²) >= 11 is 0. The van der Waals surface area contributed by atoms with E-state index in [-0.39, 0.29) is 0 Å². The quantitative estimate of drug-likeness (QED) is 0.341. The summed E-state index contributed by atoms with van der Waals surface area (Å²) in [4.78, 5) is 29.4. The molecule has 8 nitrogen and oxygen atoms in total. The fourth-order valence-corrected chi connectivity index (χ4v) is 4.16. The van der Waals surface area contributed by atoms with Gasteiger partial charge in [-0.25, -0.2) is 9.97 Å². The Balaban J connectivity index is 1.44. The smallest absolute Gasteiger partial charge is 0.140 e. The highest BCUT2D eigenvalue weighted by molar-refractivity contribution is 5.98. The van der Waals surface area contributed by atoms with Gasteiger partial charge in [-0.3, -0.25) is 15.0 Å². The lowest BCUT2D eigenvalue weighted by molar-refractivity contribution is 0.724. The summed E-state index contributed by atoms with van der Waals surface area (Å²) in [7, 11) is 0. The molecule has 0 amide bonds. The number of imidazole rings is 1. The second-order valence-corrected chi connectivity index (χ2v) is 8.10. The number of pyridine rings is 4. The number of aromatic nitrogens is 7. The number of H-pyrrole nitrogens is 2. The molecule has 0 unspecified atom stereocenters. The molecule has 34 heavy (non-hydrogen) atoms.